The lowest BCUT2D eigenvalue weighted by Crippen LogP contribution is -2.46. The smallest absolute Gasteiger partial charge is 0.221 e. The summed E-state index contributed by atoms with van der Waals surface area (Å²) in [4.78, 5) is 11.4. The van der Waals surface area contributed by atoms with Crippen LogP contribution in [0.2, 0.25) is 0 Å². The van der Waals surface area contributed by atoms with Crippen molar-refractivity contribution >= 4 is 5.91 Å². The van der Waals surface area contributed by atoms with Gasteiger partial charge in [-0.1, -0.05) is 0 Å². The Morgan fingerprint density at radius 2 is 2.14 bits per heavy atom. The van der Waals surface area contributed by atoms with Crippen molar-refractivity contribution in [1.29, 1.82) is 0 Å². The number of carbonyl (C=O) groups excluding carboxylic acids is 1. The molecule has 0 aromatic heterocycles. The van der Waals surface area contributed by atoms with Gasteiger partial charge in [-0.15, -0.1) is 0 Å². The molecule has 1 fully saturated rings. The van der Waals surface area contributed by atoms with Gasteiger partial charge in [0.05, 0.1) is 12.1 Å². The Hall–Kier alpha value is -0.610. The molecule has 4 heteroatoms. The molecular weight excluding hydrogens is 180 g/mol. The second-order valence-electron chi connectivity index (χ2n) is 4.57. The Kier molecular flexibility index (Phi) is 3.89. The van der Waals surface area contributed by atoms with Crippen molar-refractivity contribution in [1.82, 2.24) is 10.6 Å². The van der Waals surface area contributed by atoms with Gasteiger partial charge >= 0.3 is 0 Å². The lowest BCUT2D eigenvalue weighted by Gasteiger charge is -2.23. The molecule has 0 aromatic carbocycles. The van der Waals surface area contributed by atoms with Crippen LogP contribution in [0.3, 0.4) is 0 Å². The molecule has 0 heterocycles. The van der Waals surface area contributed by atoms with Crippen molar-refractivity contribution in [3.63, 3.8) is 0 Å². The molecule has 0 unspecified atom stereocenters. The van der Waals surface area contributed by atoms with Gasteiger partial charge in [-0.05, 0) is 26.7 Å². The normalized spacial score (nSPS) is 16.8. The van der Waals surface area contributed by atoms with Crippen LogP contribution < -0.4 is 10.6 Å². The highest BCUT2D eigenvalue weighted by Gasteiger charge is 2.21. The first-order chi connectivity index (χ1) is 6.53. The Bertz CT molecular complexity index is 200. The fourth-order valence-corrected chi connectivity index (χ4v) is 1.16. The van der Waals surface area contributed by atoms with Gasteiger partial charge in [0, 0.05) is 19.0 Å². The molecule has 4 nitrogen and oxygen atoms in total. The third-order valence-corrected chi connectivity index (χ3v) is 2.24. The molecule has 1 rings (SSSR count). The maximum absolute atomic E-state index is 11.4. The van der Waals surface area contributed by atoms with Crippen LogP contribution >= 0.6 is 0 Å². The maximum Gasteiger partial charge on any atom is 0.221 e. The fraction of sp³-hybridized carbons (Fsp3) is 0.900. The minimum absolute atomic E-state index is 0.00259. The molecule has 0 radical (unpaired) electrons. The van der Waals surface area contributed by atoms with Gasteiger partial charge in [-0.25, -0.2) is 0 Å². The summed E-state index contributed by atoms with van der Waals surface area (Å²) < 4.78 is 0. The van der Waals surface area contributed by atoms with Gasteiger partial charge in [0.2, 0.25) is 5.91 Å². The Morgan fingerprint density at radius 3 is 2.64 bits per heavy atom. The lowest BCUT2D eigenvalue weighted by atomic mass is 10.1. The van der Waals surface area contributed by atoms with Crippen molar-refractivity contribution in [2.24, 2.45) is 0 Å². The number of hydrogen-bond acceptors (Lipinski definition) is 3. The summed E-state index contributed by atoms with van der Waals surface area (Å²) in [5.74, 6) is -0.00259. The van der Waals surface area contributed by atoms with E-state index in [1.807, 2.05) is 0 Å². The number of hydrogen-bond donors (Lipinski definition) is 3. The predicted molar refractivity (Wildman–Crippen MR) is 54.9 cm³/mol. The minimum Gasteiger partial charge on any atom is -0.394 e. The first kappa shape index (κ1) is 11.5. The zero-order valence-corrected chi connectivity index (χ0v) is 8.97. The highest BCUT2D eigenvalue weighted by molar-refractivity contribution is 5.76. The SMILES string of the molecule is CC(C)(CO)NC(=O)CCNC1CC1. The number of aliphatic hydroxyl groups excluding tert-OH is 1. The molecule has 1 aliphatic rings. The largest absolute Gasteiger partial charge is 0.394 e. The summed E-state index contributed by atoms with van der Waals surface area (Å²) in [7, 11) is 0. The van der Waals surface area contributed by atoms with Crippen LogP contribution in [0.4, 0.5) is 0 Å². The highest BCUT2D eigenvalue weighted by atomic mass is 16.3. The van der Waals surface area contributed by atoms with Gasteiger partial charge in [0.1, 0.15) is 0 Å². The molecule has 82 valence electrons. The molecule has 1 amide bonds. The minimum atomic E-state index is -0.503. The molecular formula is C10H20N2O2. The van der Waals surface area contributed by atoms with Crippen LogP contribution in [0.5, 0.6) is 0 Å². The lowest BCUT2D eigenvalue weighted by molar-refractivity contribution is -0.123. The van der Waals surface area contributed by atoms with Gasteiger partial charge in [-0.3, -0.25) is 4.79 Å². The van der Waals surface area contributed by atoms with Gasteiger partial charge in [-0.2, -0.15) is 0 Å². The van der Waals surface area contributed by atoms with E-state index >= 15 is 0 Å². The molecule has 1 aliphatic carbocycles. The number of carbonyl (C=O) groups is 1. The number of aliphatic hydroxyl groups is 1. The van der Waals surface area contributed by atoms with Crippen LogP contribution in [0, 0.1) is 0 Å². The summed E-state index contributed by atoms with van der Waals surface area (Å²) in [5, 5.41) is 15.0. The van der Waals surface area contributed by atoms with Crippen LogP contribution in [0.15, 0.2) is 0 Å². The van der Waals surface area contributed by atoms with Crippen molar-refractivity contribution in [3.05, 3.63) is 0 Å². The zero-order chi connectivity index (χ0) is 10.6. The third-order valence-electron chi connectivity index (χ3n) is 2.24. The number of rotatable bonds is 6. The van der Waals surface area contributed by atoms with Crippen LogP contribution in [-0.4, -0.2) is 35.7 Å². The van der Waals surface area contributed by atoms with Gasteiger partial charge < -0.3 is 15.7 Å². The van der Waals surface area contributed by atoms with E-state index in [9.17, 15) is 4.79 Å². The standard InChI is InChI=1S/C10H20N2O2/c1-10(2,7-13)12-9(14)5-6-11-8-3-4-8/h8,11,13H,3-7H2,1-2H3,(H,12,14). The van der Waals surface area contributed by atoms with E-state index in [0.29, 0.717) is 12.5 Å². The second kappa shape index (κ2) is 4.75. The average molecular weight is 200 g/mol. The van der Waals surface area contributed by atoms with E-state index in [2.05, 4.69) is 10.6 Å². The van der Waals surface area contributed by atoms with E-state index in [0.717, 1.165) is 6.54 Å². The van der Waals surface area contributed by atoms with Crippen molar-refractivity contribution in [2.75, 3.05) is 13.2 Å². The Labute approximate surface area is 85.1 Å². The molecule has 0 saturated heterocycles. The van der Waals surface area contributed by atoms with Gasteiger partial charge in [0.25, 0.3) is 0 Å². The fourth-order valence-electron chi connectivity index (χ4n) is 1.16. The van der Waals surface area contributed by atoms with E-state index in [1.54, 1.807) is 13.8 Å². The molecule has 1 saturated carbocycles. The summed E-state index contributed by atoms with van der Waals surface area (Å²) in [5.41, 5.74) is -0.503. The summed E-state index contributed by atoms with van der Waals surface area (Å²) in [6.45, 7) is 4.31. The zero-order valence-electron chi connectivity index (χ0n) is 8.97. The number of amides is 1. The molecule has 3 N–H and O–H groups in total. The second-order valence-corrected chi connectivity index (χ2v) is 4.57. The van der Waals surface area contributed by atoms with Crippen LogP contribution in [0.1, 0.15) is 33.1 Å². The van der Waals surface area contributed by atoms with Gasteiger partial charge in [0.15, 0.2) is 0 Å². The average Bonchev–Trinajstić information content (AvgIpc) is 2.87. The van der Waals surface area contributed by atoms with Crippen LogP contribution in [0.25, 0.3) is 0 Å². The quantitative estimate of drug-likeness (QED) is 0.566. The predicted octanol–water partition coefficient (Wildman–Crippen LogP) is 0.0156. The highest BCUT2D eigenvalue weighted by Crippen LogP contribution is 2.18. The van der Waals surface area contributed by atoms with Crippen molar-refractivity contribution in [3.8, 4) is 0 Å². The third kappa shape index (κ3) is 4.58. The Balaban J connectivity index is 2.07. The maximum atomic E-state index is 11.4. The van der Waals surface area contributed by atoms with E-state index in [4.69, 9.17) is 5.11 Å². The first-order valence-corrected chi connectivity index (χ1v) is 5.19. The van der Waals surface area contributed by atoms with E-state index in [-0.39, 0.29) is 12.5 Å². The summed E-state index contributed by atoms with van der Waals surface area (Å²) in [6, 6.07) is 0.647. The van der Waals surface area contributed by atoms with Crippen molar-refractivity contribution in [2.45, 2.75) is 44.7 Å². The molecule has 0 bridgehead atoms. The van der Waals surface area contributed by atoms with E-state index < -0.39 is 5.54 Å². The topological polar surface area (TPSA) is 61.4 Å². The van der Waals surface area contributed by atoms with E-state index in [1.165, 1.54) is 12.8 Å². The summed E-state index contributed by atoms with van der Waals surface area (Å²) in [6.07, 6.45) is 2.97. The molecule has 0 aromatic rings. The summed E-state index contributed by atoms with van der Waals surface area (Å²) >= 11 is 0. The number of nitrogens with one attached hydrogen (secondary N) is 2. The Morgan fingerprint density at radius 1 is 1.50 bits per heavy atom. The van der Waals surface area contributed by atoms with Crippen molar-refractivity contribution < 1.29 is 9.90 Å². The molecule has 0 atom stereocenters. The molecule has 0 spiro atoms. The molecule has 0 aliphatic heterocycles. The monoisotopic (exact) mass is 200 g/mol. The molecule has 14 heavy (non-hydrogen) atoms. The first-order valence-electron chi connectivity index (χ1n) is 5.19. The van der Waals surface area contributed by atoms with Crippen LogP contribution in [-0.2, 0) is 4.79 Å².